The smallest absolute Gasteiger partial charge is 0.328 e. The lowest BCUT2D eigenvalue weighted by Gasteiger charge is -2.39. The number of likely N-dealkylation sites (tertiary alicyclic amines) is 1. The SMILES string of the molecule is CCOC(=O)C1CCCCN1C(=O)C1CCCN(c2nc(C)c3ccc(S(C)(=O)=O)cc3n2)C1. The lowest BCUT2D eigenvalue weighted by molar-refractivity contribution is -0.158. The van der Waals surface area contributed by atoms with Crippen LogP contribution in [-0.4, -0.2) is 73.7 Å². The van der Waals surface area contributed by atoms with Gasteiger partial charge in [-0.05, 0) is 64.2 Å². The molecule has 3 heterocycles. The van der Waals surface area contributed by atoms with Gasteiger partial charge in [-0.25, -0.2) is 23.2 Å². The first kappa shape index (κ1) is 24.4. The first-order valence-electron chi connectivity index (χ1n) is 11.9. The van der Waals surface area contributed by atoms with Crippen LogP contribution in [0, 0.1) is 12.8 Å². The molecule has 10 heteroatoms. The molecule has 184 valence electrons. The van der Waals surface area contributed by atoms with Crippen molar-refractivity contribution in [2.24, 2.45) is 5.92 Å². The summed E-state index contributed by atoms with van der Waals surface area (Å²) in [6.45, 7) is 5.69. The van der Waals surface area contributed by atoms with E-state index in [4.69, 9.17) is 4.74 Å². The van der Waals surface area contributed by atoms with Crippen LogP contribution in [0.1, 0.15) is 44.7 Å². The molecule has 0 N–H and O–H groups in total. The maximum Gasteiger partial charge on any atom is 0.328 e. The van der Waals surface area contributed by atoms with Crippen molar-refractivity contribution in [1.82, 2.24) is 14.9 Å². The van der Waals surface area contributed by atoms with Crippen LogP contribution in [-0.2, 0) is 24.2 Å². The highest BCUT2D eigenvalue weighted by molar-refractivity contribution is 7.90. The Labute approximate surface area is 200 Å². The van der Waals surface area contributed by atoms with Gasteiger partial charge < -0.3 is 14.5 Å². The number of aryl methyl sites for hydroxylation is 1. The number of aromatic nitrogens is 2. The number of rotatable bonds is 5. The van der Waals surface area contributed by atoms with Crippen LogP contribution in [0.25, 0.3) is 10.9 Å². The lowest BCUT2D eigenvalue weighted by atomic mass is 9.93. The van der Waals surface area contributed by atoms with Gasteiger partial charge in [0, 0.05) is 31.3 Å². The van der Waals surface area contributed by atoms with Gasteiger partial charge in [-0.3, -0.25) is 4.79 Å². The molecule has 1 aromatic carbocycles. The van der Waals surface area contributed by atoms with Gasteiger partial charge in [-0.2, -0.15) is 0 Å². The fourth-order valence-electron chi connectivity index (χ4n) is 4.90. The zero-order chi connectivity index (χ0) is 24.5. The average Bonchev–Trinajstić information content (AvgIpc) is 2.83. The third-order valence-electron chi connectivity index (χ3n) is 6.67. The van der Waals surface area contributed by atoms with Gasteiger partial charge in [0.2, 0.25) is 11.9 Å². The molecule has 2 atom stereocenters. The van der Waals surface area contributed by atoms with E-state index in [0.717, 1.165) is 36.8 Å². The summed E-state index contributed by atoms with van der Waals surface area (Å²) in [4.78, 5) is 39.2. The Morgan fingerprint density at radius 2 is 1.91 bits per heavy atom. The molecule has 2 saturated heterocycles. The first-order chi connectivity index (χ1) is 16.2. The van der Waals surface area contributed by atoms with Crippen molar-refractivity contribution in [2.75, 3.05) is 37.4 Å². The second-order valence-corrected chi connectivity index (χ2v) is 11.2. The summed E-state index contributed by atoms with van der Waals surface area (Å²) < 4.78 is 29.2. The Kier molecular flexibility index (Phi) is 7.06. The van der Waals surface area contributed by atoms with Gasteiger partial charge in [-0.1, -0.05) is 0 Å². The molecule has 2 aliphatic heterocycles. The van der Waals surface area contributed by atoms with Crippen molar-refractivity contribution in [3.05, 3.63) is 23.9 Å². The molecule has 0 aliphatic carbocycles. The minimum Gasteiger partial charge on any atom is -0.464 e. The second-order valence-electron chi connectivity index (χ2n) is 9.14. The Bertz CT molecular complexity index is 1200. The molecule has 1 aromatic heterocycles. The minimum atomic E-state index is -3.36. The van der Waals surface area contributed by atoms with Crippen LogP contribution >= 0.6 is 0 Å². The second kappa shape index (κ2) is 9.85. The number of hydrogen-bond acceptors (Lipinski definition) is 8. The molecule has 2 fully saturated rings. The zero-order valence-electron chi connectivity index (χ0n) is 20.0. The number of ether oxygens (including phenoxy) is 1. The van der Waals surface area contributed by atoms with Gasteiger partial charge in [0.15, 0.2) is 9.84 Å². The van der Waals surface area contributed by atoms with Gasteiger partial charge in [0.1, 0.15) is 6.04 Å². The molecular formula is C24H32N4O5S. The van der Waals surface area contributed by atoms with Crippen LogP contribution in [0.2, 0.25) is 0 Å². The van der Waals surface area contributed by atoms with Crippen molar-refractivity contribution < 1.29 is 22.7 Å². The first-order valence-corrected chi connectivity index (χ1v) is 13.8. The fraction of sp³-hybridized carbons (Fsp3) is 0.583. The van der Waals surface area contributed by atoms with Crippen LogP contribution in [0.4, 0.5) is 5.95 Å². The predicted molar refractivity (Wildman–Crippen MR) is 128 cm³/mol. The van der Waals surface area contributed by atoms with E-state index in [0.29, 0.717) is 44.1 Å². The number of sulfone groups is 1. The third-order valence-corrected chi connectivity index (χ3v) is 7.78. The molecule has 0 spiro atoms. The Balaban J connectivity index is 1.57. The summed E-state index contributed by atoms with van der Waals surface area (Å²) in [5, 5.41) is 0.798. The van der Waals surface area contributed by atoms with E-state index < -0.39 is 15.9 Å². The number of carbonyl (C=O) groups is 2. The van der Waals surface area contributed by atoms with Crippen molar-refractivity contribution in [3.8, 4) is 0 Å². The number of hydrogen-bond donors (Lipinski definition) is 0. The molecule has 2 unspecified atom stereocenters. The largest absolute Gasteiger partial charge is 0.464 e. The zero-order valence-corrected chi connectivity index (χ0v) is 20.8. The summed E-state index contributed by atoms with van der Waals surface area (Å²) in [6.07, 6.45) is 5.15. The topological polar surface area (TPSA) is 110 Å². The standard InChI is InChI=1S/C24H32N4O5S/c1-4-33-23(30)21-9-5-6-13-28(21)22(29)17-8-7-12-27(15-17)24-25-16(2)19-11-10-18(34(3,31)32)14-20(19)26-24/h10-11,14,17,21H,4-9,12-13,15H2,1-3H3. The minimum absolute atomic E-state index is 0.0145. The number of anilines is 1. The van der Waals surface area contributed by atoms with E-state index in [1.54, 1.807) is 30.0 Å². The summed E-state index contributed by atoms with van der Waals surface area (Å²) in [6, 6.07) is 4.37. The number of benzene rings is 1. The third kappa shape index (κ3) is 5.01. The number of fused-ring (bicyclic) bond motifs is 1. The number of piperidine rings is 2. The molecular weight excluding hydrogens is 456 g/mol. The molecule has 34 heavy (non-hydrogen) atoms. The molecule has 0 bridgehead atoms. The highest BCUT2D eigenvalue weighted by Gasteiger charge is 2.38. The molecule has 0 radical (unpaired) electrons. The van der Waals surface area contributed by atoms with Gasteiger partial charge in [0.25, 0.3) is 0 Å². The van der Waals surface area contributed by atoms with E-state index in [2.05, 4.69) is 9.97 Å². The molecule has 2 aromatic rings. The molecule has 0 saturated carbocycles. The fourth-order valence-corrected chi connectivity index (χ4v) is 5.54. The van der Waals surface area contributed by atoms with Crippen LogP contribution in [0.15, 0.2) is 23.1 Å². The number of carbonyl (C=O) groups excluding carboxylic acids is 2. The van der Waals surface area contributed by atoms with Gasteiger partial charge >= 0.3 is 5.97 Å². The van der Waals surface area contributed by atoms with E-state index in [1.165, 1.54) is 6.26 Å². The summed E-state index contributed by atoms with van der Waals surface area (Å²) >= 11 is 0. The van der Waals surface area contributed by atoms with Crippen LogP contribution < -0.4 is 4.90 Å². The lowest BCUT2D eigenvalue weighted by Crippen LogP contribution is -2.53. The van der Waals surface area contributed by atoms with Crippen molar-refractivity contribution in [3.63, 3.8) is 0 Å². The van der Waals surface area contributed by atoms with E-state index in [9.17, 15) is 18.0 Å². The Morgan fingerprint density at radius 1 is 1.12 bits per heavy atom. The maximum atomic E-state index is 13.5. The van der Waals surface area contributed by atoms with Crippen LogP contribution in [0.3, 0.4) is 0 Å². The molecule has 1 amide bonds. The number of amides is 1. The average molecular weight is 489 g/mol. The summed E-state index contributed by atoms with van der Waals surface area (Å²) in [5.74, 6) is -0.0998. The summed E-state index contributed by atoms with van der Waals surface area (Å²) in [5.41, 5.74) is 1.32. The Morgan fingerprint density at radius 3 is 2.65 bits per heavy atom. The molecule has 9 nitrogen and oxygen atoms in total. The molecule has 4 rings (SSSR count). The highest BCUT2D eigenvalue weighted by atomic mass is 32.2. The number of nitrogens with zero attached hydrogens (tertiary/aromatic N) is 4. The quantitative estimate of drug-likeness (QED) is 0.591. The Hall–Kier alpha value is -2.75. The maximum absolute atomic E-state index is 13.5. The predicted octanol–water partition coefficient (Wildman–Crippen LogP) is 2.50. The van der Waals surface area contributed by atoms with Crippen LogP contribution in [0.5, 0.6) is 0 Å². The van der Waals surface area contributed by atoms with E-state index >= 15 is 0 Å². The van der Waals surface area contributed by atoms with Gasteiger partial charge in [0.05, 0.1) is 28.6 Å². The molecule has 2 aliphatic rings. The normalized spacial score (nSPS) is 21.5. The van der Waals surface area contributed by atoms with Gasteiger partial charge in [-0.15, -0.1) is 0 Å². The van der Waals surface area contributed by atoms with E-state index in [-0.39, 0.29) is 22.7 Å². The monoisotopic (exact) mass is 488 g/mol. The van der Waals surface area contributed by atoms with E-state index in [1.807, 2.05) is 11.8 Å². The van der Waals surface area contributed by atoms with Crippen molar-refractivity contribution in [2.45, 2.75) is 56.9 Å². The number of esters is 1. The van der Waals surface area contributed by atoms with Crippen molar-refractivity contribution >= 4 is 38.6 Å². The van der Waals surface area contributed by atoms with Crippen molar-refractivity contribution in [1.29, 1.82) is 0 Å². The summed E-state index contributed by atoms with van der Waals surface area (Å²) in [7, 11) is -3.36. The highest BCUT2D eigenvalue weighted by Crippen LogP contribution is 2.28.